The van der Waals surface area contributed by atoms with E-state index in [0.717, 1.165) is 32.3 Å². The molecule has 4 aliphatic rings. The smallest absolute Gasteiger partial charge is 0.331 e. The van der Waals surface area contributed by atoms with Gasteiger partial charge in [-0.25, -0.2) is 4.79 Å². The first kappa shape index (κ1) is 37.2. The summed E-state index contributed by atoms with van der Waals surface area (Å²) in [4.78, 5) is 39.2. The quantitative estimate of drug-likeness (QED) is 0.0461. The molecule has 1 saturated heterocycles. The molecule has 262 valence electrons. The molecule has 3 unspecified atom stereocenters. The van der Waals surface area contributed by atoms with Crippen molar-refractivity contribution in [2.75, 3.05) is 6.61 Å². The van der Waals surface area contributed by atoms with Crippen LogP contribution in [-0.4, -0.2) is 96.7 Å². The van der Waals surface area contributed by atoms with Crippen molar-refractivity contribution < 1.29 is 54.1 Å². The second kappa shape index (κ2) is 14.1. The number of aliphatic hydroxyl groups is 5. The highest BCUT2D eigenvalue weighted by atomic mass is 16.6. The zero-order valence-corrected chi connectivity index (χ0v) is 28.2. The third kappa shape index (κ3) is 6.08. The monoisotopic (exact) mass is 660 g/mol. The molecule has 3 aliphatic carbocycles. The van der Waals surface area contributed by atoms with Crippen LogP contribution in [0.15, 0.2) is 48.1 Å². The van der Waals surface area contributed by atoms with Crippen LogP contribution in [-0.2, 0) is 28.6 Å². The van der Waals surface area contributed by atoms with Gasteiger partial charge in [-0.05, 0) is 37.8 Å². The Morgan fingerprint density at radius 3 is 2.26 bits per heavy atom. The molecule has 1 aliphatic heterocycles. The molecule has 4 rings (SSSR count). The third-order valence-corrected chi connectivity index (χ3v) is 10.9. The molecule has 11 heteroatoms. The number of ether oxygens (including phenoxy) is 3. The highest BCUT2D eigenvalue weighted by Crippen LogP contribution is 2.66. The third-order valence-electron chi connectivity index (χ3n) is 10.9. The number of rotatable bonds is 14. The van der Waals surface area contributed by atoms with E-state index in [0.29, 0.717) is 0 Å². The Hall–Kier alpha value is -2.67. The minimum Gasteiger partial charge on any atom is -0.459 e. The minimum atomic E-state index is -2.65. The molecule has 2 saturated carbocycles. The number of fused-ring (bicyclic) bond motifs is 5. The van der Waals surface area contributed by atoms with Crippen molar-refractivity contribution in [3.8, 4) is 0 Å². The van der Waals surface area contributed by atoms with Gasteiger partial charge in [-0.2, -0.15) is 0 Å². The minimum absolute atomic E-state index is 0.0403. The lowest BCUT2D eigenvalue weighted by molar-refractivity contribution is -0.287. The number of epoxide rings is 1. The average Bonchev–Trinajstić information content (AvgIpc) is 3.71. The maximum atomic E-state index is 13.4. The molecule has 0 radical (unpaired) electrons. The van der Waals surface area contributed by atoms with Crippen molar-refractivity contribution in [3.63, 3.8) is 0 Å². The van der Waals surface area contributed by atoms with Crippen molar-refractivity contribution in [1.82, 2.24) is 0 Å². The van der Waals surface area contributed by atoms with Gasteiger partial charge in [0, 0.05) is 24.8 Å². The fraction of sp³-hybridized carbons (Fsp3) is 0.694. The van der Waals surface area contributed by atoms with Crippen molar-refractivity contribution in [2.45, 2.75) is 133 Å². The number of unbranched alkanes of at least 4 members (excludes halogenated alkanes) is 7. The van der Waals surface area contributed by atoms with Crippen molar-refractivity contribution in [1.29, 1.82) is 0 Å². The summed E-state index contributed by atoms with van der Waals surface area (Å²) in [6.07, 6.45) is 10.1. The average molecular weight is 661 g/mol. The summed E-state index contributed by atoms with van der Waals surface area (Å²) in [7, 11) is 0. The van der Waals surface area contributed by atoms with Gasteiger partial charge in [0.1, 0.15) is 30.0 Å². The van der Waals surface area contributed by atoms with Gasteiger partial charge in [-0.1, -0.05) is 83.3 Å². The van der Waals surface area contributed by atoms with E-state index < -0.39 is 88.9 Å². The molecule has 11 nitrogen and oxygen atoms in total. The van der Waals surface area contributed by atoms with E-state index in [1.54, 1.807) is 6.08 Å². The van der Waals surface area contributed by atoms with Crippen LogP contribution in [0.2, 0.25) is 0 Å². The van der Waals surface area contributed by atoms with E-state index >= 15 is 0 Å². The molecule has 11 atom stereocenters. The van der Waals surface area contributed by atoms with Gasteiger partial charge in [-0.3, -0.25) is 9.59 Å². The number of allylic oxidation sites excluding steroid dienone is 3. The standard InChI is InChI=1S/C36H52O11/c1-7-8-9-10-11-12-13-14-15-16-17-18-26(39)46-31-27-30-33(20-37,47-30)32(41)36(44)25(19-22(4)28(36)40)35(27,43)23(5)29(45-24(6)38)34(31,42)21(2)3/h15-19,23,25,27,29-32,37,41-44H,2,7-14,20H2,1,3-6H3/b16-15+,18-17-/t23-,25?,27?,29-,30+,31?,32-,33+,34+,35+,36-/m1/s1. The van der Waals surface area contributed by atoms with E-state index in [-0.39, 0.29) is 11.1 Å². The van der Waals surface area contributed by atoms with Crippen molar-refractivity contribution in [3.05, 3.63) is 48.1 Å². The molecule has 0 spiro atoms. The van der Waals surface area contributed by atoms with E-state index in [4.69, 9.17) is 14.2 Å². The predicted octanol–water partition coefficient (Wildman–Crippen LogP) is 2.77. The van der Waals surface area contributed by atoms with E-state index in [9.17, 15) is 39.9 Å². The van der Waals surface area contributed by atoms with Crippen LogP contribution >= 0.6 is 0 Å². The summed E-state index contributed by atoms with van der Waals surface area (Å²) >= 11 is 0. The van der Waals surface area contributed by atoms with Gasteiger partial charge in [0.05, 0.1) is 18.1 Å². The van der Waals surface area contributed by atoms with Crippen LogP contribution in [0.1, 0.15) is 86.0 Å². The highest BCUT2D eigenvalue weighted by molar-refractivity contribution is 6.05. The Labute approximate surface area is 277 Å². The SMILES string of the molecule is C=C(C)[C@@]1(O)C(OC(=O)/C=C\C=C\CCCCCCCCC)C2[C@@H]3O[C@]3(CO)[C@@H](O)[C@]3(O)C(=O)C(C)=CC3[C@@]2(O)[C@H](C)[C@H]1OC(C)=O. The summed E-state index contributed by atoms with van der Waals surface area (Å²) in [6.45, 7) is 10.7. The molecule has 1 heterocycles. The van der Waals surface area contributed by atoms with E-state index in [1.165, 1.54) is 65.0 Å². The largest absolute Gasteiger partial charge is 0.459 e. The first-order chi connectivity index (χ1) is 22.1. The molecule has 3 fully saturated rings. The number of ketones is 1. The van der Waals surface area contributed by atoms with Gasteiger partial charge in [-0.15, -0.1) is 0 Å². The Morgan fingerprint density at radius 1 is 1.02 bits per heavy atom. The second-order valence-corrected chi connectivity index (χ2v) is 13.9. The number of esters is 2. The zero-order valence-electron chi connectivity index (χ0n) is 28.2. The van der Waals surface area contributed by atoms with Gasteiger partial charge >= 0.3 is 11.9 Å². The maximum Gasteiger partial charge on any atom is 0.331 e. The van der Waals surface area contributed by atoms with Crippen LogP contribution in [0.5, 0.6) is 0 Å². The van der Waals surface area contributed by atoms with E-state index in [2.05, 4.69) is 13.5 Å². The van der Waals surface area contributed by atoms with Gasteiger partial charge in [0.15, 0.2) is 17.0 Å². The summed E-state index contributed by atoms with van der Waals surface area (Å²) < 4.78 is 17.4. The Balaban J connectivity index is 1.69. The lowest BCUT2D eigenvalue weighted by Crippen LogP contribution is -2.76. The molecule has 0 aromatic heterocycles. The Morgan fingerprint density at radius 2 is 1.66 bits per heavy atom. The molecular weight excluding hydrogens is 608 g/mol. The van der Waals surface area contributed by atoms with Crippen LogP contribution < -0.4 is 0 Å². The number of hydrogen-bond acceptors (Lipinski definition) is 11. The summed E-state index contributed by atoms with van der Waals surface area (Å²) in [5.41, 5.74) is -9.06. The van der Waals surface area contributed by atoms with Gasteiger partial charge < -0.3 is 39.7 Å². The van der Waals surface area contributed by atoms with Crippen LogP contribution in [0.4, 0.5) is 0 Å². The van der Waals surface area contributed by atoms with E-state index in [1.807, 2.05) is 6.08 Å². The molecule has 0 aromatic carbocycles. The summed E-state index contributed by atoms with van der Waals surface area (Å²) in [5.74, 6) is -6.79. The maximum absolute atomic E-state index is 13.4. The topological polar surface area (TPSA) is 183 Å². The lowest BCUT2D eigenvalue weighted by Gasteiger charge is -2.59. The number of hydrogen-bond donors (Lipinski definition) is 5. The summed E-state index contributed by atoms with van der Waals surface area (Å²) in [5, 5.41) is 59.1. The number of aliphatic hydroxyl groups excluding tert-OH is 2. The summed E-state index contributed by atoms with van der Waals surface area (Å²) in [6, 6.07) is 0. The van der Waals surface area contributed by atoms with Gasteiger partial charge in [0.25, 0.3) is 0 Å². The zero-order chi connectivity index (χ0) is 34.9. The van der Waals surface area contributed by atoms with Crippen LogP contribution in [0, 0.1) is 17.8 Å². The number of Topliss-reactive ketones (excluding diaryl/α,β-unsaturated/α-hetero) is 1. The number of carbonyl (C=O) groups excluding carboxylic acids is 3. The lowest BCUT2D eigenvalue weighted by atomic mass is 9.53. The van der Waals surface area contributed by atoms with Crippen LogP contribution in [0.3, 0.4) is 0 Å². The predicted molar refractivity (Wildman–Crippen MR) is 172 cm³/mol. The fourth-order valence-electron chi connectivity index (χ4n) is 8.29. The Kier molecular flexibility index (Phi) is 11.1. The molecular formula is C36H52O11. The van der Waals surface area contributed by atoms with Crippen molar-refractivity contribution in [2.24, 2.45) is 17.8 Å². The molecule has 0 bridgehead atoms. The van der Waals surface area contributed by atoms with Gasteiger partial charge in [0.2, 0.25) is 0 Å². The molecule has 0 aromatic rings. The number of carbonyl (C=O) groups is 3. The van der Waals surface area contributed by atoms with Crippen molar-refractivity contribution >= 4 is 17.7 Å². The molecule has 47 heavy (non-hydrogen) atoms. The Bertz CT molecular complexity index is 1320. The highest BCUT2D eigenvalue weighted by Gasteiger charge is 2.85. The second-order valence-electron chi connectivity index (χ2n) is 13.9. The fourth-order valence-corrected chi connectivity index (χ4v) is 8.29. The molecule has 5 N–H and O–H groups in total. The normalized spacial score (nSPS) is 40.8. The first-order valence-corrected chi connectivity index (χ1v) is 16.8. The van der Waals surface area contributed by atoms with Crippen LogP contribution in [0.25, 0.3) is 0 Å². The molecule has 0 amide bonds. The first-order valence-electron chi connectivity index (χ1n) is 16.8.